The Morgan fingerprint density at radius 1 is 1.16 bits per heavy atom. The second kappa shape index (κ2) is 7.27. The van der Waals surface area contributed by atoms with Gasteiger partial charge in [0.2, 0.25) is 0 Å². The van der Waals surface area contributed by atoms with E-state index in [1.165, 1.54) is 13.2 Å². The lowest BCUT2D eigenvalue weighted by Crippen LogP contribution is -2.14. The van der Waals surface area contributed by atoms with Gasteiger partial charge in [0.25, 0.3) is 0 Å². The fourth-order valence-corrected chi connectivity index (χ4v) is 2.57. The van der Waals surface area contributed by atoms with E-state index in [4.69, 9.17) is 25.5 Å². The van der Waals surface area contributed by atoms with Crippen LogP contribution in [0.15, 0.2) is 57.7 Å². The molecule has 3 rings (SSSR count). The molecule has 0 atom stereocenters. The lowest BCUT2D eigenvalue weighted by Gasteiger charge is -2.09. The minimum atomic E-state index is -0.632. The average Bonchev–Trinajstić information content (AvgIpc) is 2.64. The minimum absolute atomic E-state index is 0.0536. The number of ether oxygens (including phenoxy) is 2. The maximum absolute atomic E-state index is 12.0. The van der Waals surface area contributed by atoms with Crippen molar-refractivity contribution in [2.24, 2.45) is 0 Å². The van der Waals surface area contributed by atoms with Crippen LogP contribution in [0.4, 0.5) is 10.5 Å². The number of amides is 1. The van der Waals surface area contributed by atoms with Crippen LogP contribution in [-0.4, -0.2) is 13.2 Å². The summed E-state index contributed by atoms with van der Waals surface area (Å²) in [5, 5.41) is 3.45. The Hall–Kier alpha value is -2.99. The van der Waals surface area contributed by atoms with E-state index in [0.29, 0.717) is 11.1 Å². The second-order valence-corrected chi connectivity index (χ2v) is 5.52. The van der Waals surface area contributed by atoms with Crippen LogP contribution in [0.5, 0.6) is 5.95 Å². The number of halogens is 1. The van der Waals surface area contributed by atoms with E-state index >= 15 is 0 Å². The molecular weight excluding hydrogens is 346 g/mol. The second-order valence-electron chi connectivity index (χ2n) is 5.14. The monoisotopic (exact) mass is 359 g/mol. The lowest BCUT2D eigenvalue weighted by molar-refractivity contribution is 0.155. The largest absolute Gasteiger partial charge is 0.467 e. The summed E-state index contributed by atoms with van der Waals surface area (Å²) in [6, 6.07) is 14.0. The van der Waals surface area contributed by atoms with Gasteiger partial charge in [-0.2, -0.15) is 0 Å². The lowest BCUT2D eigenvalue weighted by atomic mass is 10.1. The Kier molecular flexibility index (Phi) is 4.90. The molecule has 2 aromatic carbocycles. The highest BCUT2D eigenvalue weighted by Gasteiger charge is 2.14. The molecule has 0 unspecified atom stereocenters. The minimum Gasteiger partial charge on any atom is -0.467 e. The van der Waals surface area contributed by atoms with E-state index in [9.17, 15) is 9.59 Å². The summed E-state index contributed by atoms with van der Waals surface area (Å²) in [4.78, 5) is 23.9. The molecule has 0 aliphatic heterocycles. The standard InChI is InChI=1S/C18H14ClNO5/c1-23-17-15(19)13-8-7-12(9-14(13)16(21)25-17)20-18(22)24-10-11-5-3-2-4-6-11/h2-9H,10H2,1H3,(H,20,22). The number of fused-ring (bicyclic) bond motifs is 1. The van der Waals surface area contributed by atoms with Crippen molar-refractivity contribution in [3.63, 3.8) is 0 Å². The number of hydrogen-bond donors (Lipinski definition) is 1. The summed E-state index contributed by atoms with van der Waals surface area (Å²) < 4.78 is 15.0. The van der Waals surface area contributed by atoms with Crippen LogP contribution >= 0.6 is 11.6 Å². The van der Waals surface area contributed by atoms with E-state index in [1.54, 1.807) is 12.1 Å². The zero-order chi connectivity index (χ0) is 17.8. The third-order valence-corrected chi connectivity index (χ3v) is 3.84. The summed E-state index contributed by atoms with van der Waals surface area (Å²) in [6.45, 7) is 0.144. The summed E-state index contributed by atoms with van der Waals surface area (Å²) >= 11 is 6.12. The molecule has 1 aromatic heterocycles. The average molecular weight is 360 g/mol. The first-order valence-electron chi connectivity index (χ1n) is 7.36. The predicted molar refractivity (Wildman–Crippen MR) is 94.3 cm³/mol. The number of carbonyl (C=O) groups excluding carboxylic acids is 1. The van der Waals surface area contributed by atoms with E-state index in [0.717, 1.165) is 5.56 Å². The predicted octanol–water partition coefficient (Wildman–Crippen LogP) is 4.20. The molecule has 0 fully saturated rings. The van der Waals surface area contributed by atoms with Crippen LogP contribution in [-0.2, 0) is 11.3 Å². The van der Waals surface area contributed by atoms with Gasteiger partial charge in [0.05, 0.1) is 12.5 Å². The molecule has 0 aliphatic rings. The van der Waals surface area contributed by atoms with Gasteiger partial charge in [-0.15, -0.1) is 0 Å². The van der Waals surface area contributed by atoms with E-state index in [1.807, 2.05) is 30.3 Å². The maximum atomic E-state index is 12.0. The zero-order valence-corrected chi connectivity index (χ0v) is 14.0. The molecule has 1 heterocycles. The Bertz CT molecular complexity index is 968. The van der Waals surface area contributed by atoms with E-state index in [2.05, 4.69) is 5.32 Å². The van der Waals surface area contributed by atoms with Crippen molar-refractivity contribution in [1.82, 2.24) is 0 Å². The van der Waals surface area contributed by atoms with Crippen molar-refractivity contribution >= 4 is 34.2 Å². The first kappa shape index (κ1) is 16.9. The summed E-state index contributed by atoms with van der Waals surface area (Å²) in [5.74, 6) is -0.0536. The molecule has 0 saturated heterocycles. The molecule has 7 heteroatoms. The van der Waals surface area contributed by atoms with Crippen LogP contribution in [0.1, 0.15) is 5.56 Å². The van der Waals surface area contributed by atoms with Crippen LogP contribution in [0.25, 0.3) is 10.8 Å². The summed E-state index contributed by atoms with van der Waals surface area (Å²) in [6.07, 6.45) is -0.632. The smallest absolute Gasteiger partial charge is 0.411 e. The fourth-order valence-electron chi connectivity index (χ4n) is 2.28. The van der Waals surface area contributed by atoms with Gasteiger partial charge in [-0.05, 0) is 17.7 Å². The molecule has 1 N–H and O–H groups in total. The van der Waals surface area contributed by atoms with Gasteiger partial charge in [0.15, 0.2) is 0 Å². The Morgan fingerprint density at radius 3 is 2.64 bits per heavy atom. The highest BCUT2D eigenvalue weighted by molar-refractivity contribution is 6.36. The van der Waals surface area contributed by atoms with Crippen molar-refractivity contribution < 1.29 is 18.7 Å². The van der Waals surface area contributed by atoms with Crippen molar-refractivity contribution in [2.75, 3.05) is 12.4 Å². The molecule has 0 radical (unpaired) electrons. The summed E-state index contributed by atoms with van der Waals surface area (Å²) in [5.41, 5.74) is 0.646. The number of rotatable bonds is 4. The van der Waals surface area contributed by atoms with Crippen molar-refractivity contribution in [3.8, 4) is 5.95 Å². The van der Waals surface area contributed by atoms with Gasteiger partial charge in [0.1, 0.15) is 11.6 Å². The third kappa shape index (κ3) is 3.75. The van der Waals surface area contributed by atoms with Gasteiger partial charge in [-0.1, -0.05) is 48.0 Å². The molecule has 1 amide bonds. The topological polar surface area (TPSA) is 77.8 Å². The van der Waals surface area contributed by atoms with Gasteiger partial charge in [-0.3, -0.25) is 5.32 Å². The molecule has 3 aromatic rings. The van der Waals surface area contributed by atoms with Gasteiger partial charge in [0, 0.05) is 11.1 Å². The molecule has 6 nitrogen and oxygen atoms in total. The van der Waals surface area contributed by atoms with Gasteiger partial charge >= 0.3 is 17.7 Å². The highest BCUT2D eigenvalue weighted by atomic mass is 35.5. The third-order valence-electron chi connectivity index (χ3n) is 3.49. The number of carbonyl (C=O) groups is 1. The summed E-state index contributed by atoms with van der Waals surface area (Å²) in [7, 11) is 1.36. The number of nitrogens with one attached hydrogen (secondary N) is 1. The van der Waals surface area contributed by atoms with Gasteiger partial charge < -0.3 is 13.9 Å². The number of anilines is 1. The van der Waals surface area contributed by atoms with Crippen molar-refractivity contribution in [2.45, 2.75) is 6.61 Å². The number of hydrogen-bond acceptors (Lipinski definition) is 5. The number of benzene rings is 2. The molecule has 0 bridgehead atoms. The molecule has 0 saturated carbocycles. The van der Waals surface area contributed by atoms with Crippen LogP contribution in [0, 0.1) is 0 Å². The van der Waals surface area contributed by atoms with Gasteiger partial charge in [-0.25, -0.2) is 9.59 Å². The maximum Gasteiger partial charge on any atom is 0.411 e. The van der Waals surface area contributed by atoms with Crippen molar-refractivity contribution in [1.29, 1.82) is 0 Å². The molecular formula is C18H14ClNO5. The zero-order valence-electron chi connectivity index (χ0n) is 13.2. The highest BCUT2D eigenvalue weighted by Crippen LogP contribution is 2.31. The quantitative estimate of drug-likeness (QED) is 0.755. The first-order valence-corrected chi connectivity index (χ1v) is 7.74. The Balaban J connectivity index is 1.77. The van der Waals surface area contributed by atoms with E-state index in [-0.39, 0.29) is 23.0 Å². The molecule has 25 heavy (non-hydrogen) atoms. The number of methoxy groups -OCH3 is 1. The SMILES string of the molecule is COc1oc(=O)c2cc(NC(=O)OCc3ccccc3)ccc2c1Cl. The van der Waals surface area contributed by atoms with Crippen LogP contribution < -0.4 is 15.7 Å². The normalized spacial score (nSPS) is 10.5. The Morgan fingerprint density at radius 2 is 1.92 bits per heavy atom. The first-order chi connectivity index (χ1) is 12.1. The fraction of sp³-hybridized carbons (Fsp3) is 0.111. The van der Waals surface area contributed by atoms with Crippen LogP contribution in [0.2, 0.25) is 5.02 Å². The van der Waals surface area contributed by atoms with Crippen LogP contribution in [0.3, 0.4) is 0 Å². The molecule has 0 spiro atoms. The van der Waals surface area contributed by atoms with E-state index < -0.39 is 11.7 Å². The van der Waals surface area contributed by atoms with Crippen molar-refractivity contribution in [3.05, 3.63) is 69.5 Å². The molecule has 0 aliphatic carbocycles. The molecule has 128 valence electrons. The Labute approximate surface area is 147 Å².